The highest BCUT2D eigenvalue weighted by Crippen LogP contribution is 2.61. The molecule has 0 spiro atoms. The summed E-state index contributed by atoms with van der Waals surface area (Å²) in [5.41, 5.74) is 2.73. The number of unbranched alkanes of at least 4 members (excludes halogenated alkanes) is 3. The minimum atomic E-state index is -0.929. The van der Waals surface area contributed by atoms with E-state index in [0.29, 0.717) is 5.76 Å². The fourth-order valence-corrected chi connectivity index (χ4v) is 9.49. The number of carbonyl (C=O) groups excluding carboxylic acids is 1. The average Bonchev–Trinajstić information content (AvgIpc) is 2.72. The molecule has 31 heavy (non-hydrogen) atoms. The summed E-state index contributed by atoms with van der Waals surface area (Å²) < 4.78 is 5.19. The molecule has 0 saturated carbocycles. The van der Waals surface area contributed by atoms with E-state index in [0.717, 1.165) is 6.42 Å². The van der Waals surface area contributed by atoms with Crippen LogP contribution in [0.5, 0.6) is 0 Å². The molecule has 0 aromatic heterocycles. The topological polar surface area (TPSA) is 38.3 Å². The molecule has 0 aromatic carbocycles. The van der Waals surface area contributed by atoms with Gasteiger partial charge in [-0.15, -0.1) is 0 Å². The highest BCUT2D eigenvalue weighted by Gasteiger charge is 2.35. The van der Waals surface area contributed by atoms with Gasteiger partial charge >= 0.3 is 0 Å². The number of hydrogen-bond donors (Lipinski definition) is 1. The number of allylic oxidation sites excluding steroid dienone is 4. The number of ether oxygens (including phenoxy) is 1. The summed E-state index contributed by atoms with van der Waals surface area (Å²) >= 11 is 0. The first-order valence-corrected chi connectivity index (χ1v) is 15.1. The molecule has 0 rings (SSSR count). The quantitative estimate of drug-likeness (QED) is 0.106. The van der Waals surface area contributed by atoms with Crippen molar-refractivity contribution < 1.29 is 9.53 Å². The molecular formula is C27H51NO2P+. The monoisotopic (exact) mass is 452 g/mol. The molecule has 0 aliphatic heterocycles. The number of amides is 1. The Kier molecular flexibility index (Phi) is 16.9. The summed E-state index contributed by atoms with van der Waals surface area (Å²) in [4.78, 5) is 12.3. The molecule has 1 N–H and O–H groups in total. The van der Waals surface area contributed by atoms with Crippen molar-refractivity contribution in [2.24, 2.45) is 0 Å². The second-order valence-corrected chi connectivity index (χ2v) is 13.4. The number of methoxy groups -OCH3 is 1. The van der Waals surface area contributed by atoms with E-state index >= 15 is 0 Å². The van der Waals surface area contributed by atoms with Crippen molar-refractivity contribution in [2.75, 3.05) is 31.8 Å². The minimum Gasteiger partial charge on any atom is -0.491 e. The molecule has 0 bridgehead atoms. The van der Waals surface area contributed by atoms with Gasteiger partial charge < -0.3 is 10.1 Å². The third-order valence-corrected chi connectivity index (χ3v) is 10.7. The van der Waals surface area contributed by atoms with Gasteiger partial charge in [0.15, 0.2) is 5.76 Å². The van der Waals surface area contributed by atoms with Gasteiger partial charge in [0.2, 0.25) is 0 Å². The van der Waals surface area contributed by atoms with E-state index in [9.17, 15) is 4.79 Å². The second-order valence-electron chi connectivity index (χ2n) is 9.08. The summed E-state index contributed by atoms with van der Waals surface area (Å²) in [6.45, 7) is 15.4. The molecule has 0 heterocycles. The van der Waals surface area contributed by atoms with Gasteiger partial charge in [-0.3, -0.25) is 4.79 Å². The third-order valence-electron chi connectivity index (χ3n) is 5.72. The van der Waals surface area contributed by atoms with Gasteiger partial charge in [0, 0.05) is 13.3 Å². The van der Waals surface area contributed by atoms with Crippen LogP contribution in [0.2, 0.25) is 0 Å². The Morgan fingerprint density at radius 3 is 1.90 bits per heavy atom. The number of carbonyl (C=O) groups is 1. The molecule has 1 amide bonds. The number of nitrogens with one attached hydrogen (secondary N) is 1. The van der Waals surface area contributed by atoms with Crippen LogP contribution in [0.15, 0.2) is 35.1 Å². The molecule has 0 radical (unpaired) electrons. The van der Waals surface area contributed by atoms with Crippen molar-refractivity contribution in [1.82, 2.24) is 5.32 Å². The van der Waals surface area contributed by atoms with Crippen molar-refractivity contribution in [1.29, 1.82) is 0 Å². The van der Waals surface area contributed by atoms with Crippen LogP contribution in [-0.4, -0.2) is 43.7 Å². The van der Waals surface area contributed by atoms with E-state index in [-0.39, 0.29) is 11.9 Å². The highest BCUT2D eigenvalue weighted by atomic mass is 31.2. The maximum absolute atomic E-state index is 12.3. The Hall–Kier alpha value is -1.08. The van der Waals surface area contributed by atoms with Crippen molar-refractivity contribution in [3.05, 3.63) is 35.1 Å². The zero-order valence-corrected chi connectivity index (χ0v) is 22.7. The summed E-state index contributed by atoms with van der Waals surface area (Å²) in [6, 6.07) is -0.0354. The fraction of sp³-hybridized carbons (Fsp3) is 0.741. The van der Waals surface area contributed by atoms with Gasteiger partial charge in [0.1, 0.15) is 0 Å². The van der Waals surface area contributed by atoms with Crippen LogP contribution in [0.1, 0.15) is 93.4 Å². The normalized spacial score (nSPS) is 14.5. The predicted octanol–water partition coefficient (Wildman–Crippen LogP) is 7.74. The molecule has 180 valence electrons. The first-order valence-electron chi connectivity index (χ1n) is 12.5. The van der Waals surface area contributed by atoms with Gasteiger partial charge in [-0.2, -0.15) is 0 Å². The van der Waals surface area contributed by atoms with Crippen LogP contribution in [0.4, 0.5) is 0 Å². The van der Waals surface area contributed by atoms with Crippen LogP contribution in [0, 0.1) is 0 Å². The fourth-order valence-electron chi connectivity index (χ4n) is 4.23. The lowest BCUT2D eigenvalue weighted by Gasteiger charge is -2.28. The Morgan fingerprint density at radius 2 is 1.48 bits per heavy atom. The molecule has 0 unspecified atom stereocenters. The summed E-state index contributed by atoms with van der Waals surface area (Å²) in [5, 5.41) is 3.02. The Labute approximate surface area is 194 Å². The van der Waals surface area contributed by atoms with Crippen LogP contribution in [0.25, 0.3) is 0 Å². The summed E-state index contributed by atoms with van der Waals surface area (Å²) in [7, 11) is 0.616. The first kappa shape index (κ1) is 29.9. The van der Waals surface area contributed by atoms with Crippen molar-refractivity contribution in [3.8, 4) is 0 Å². The molecule has 0 aromatic rings. The van der Waals surface area contributed by atoms with Crippen LogP contribution < -0.4 is 5.32 Å². The molecule has 3 nitrogen and oxygen atoms in total. The zero-order chi connectivity index (χ0) is 23.7. The second kappa shape index (κ2) is 17.5. The minimum absolute atomic E-state index is 0.0354. The Bertz CT molecular complexity index is 570. The van der Waals surface area contributed by atoms with E-state index in [1.54, 1.807) is 7.11 Å². The maximum Gasteiger partial charge on any atom is 0.286 e. The van der Waals surface area contributed by atoms with E-state index in [1.165, 1.54) is 74.3 Å². The molecule has 0 fully saturated rings. The average molecular weight is 453 g/mol. The smallest absolute Gasteiger partial charge is 0.286 e. The van der Waals surface area contributed by atoms with Gasteiger partial charge in [-0.05, 0) is 58.1 Å². The van der Waals surface area contributed by atoms with Gasteiger partial charge in [-0.1, -0.05) is 64.7 Å². The Balaban J connectivity index is 5.32. The molecular weight excluding hydrogens is 401 g/mol. The number of rotatable bonds is 17. The third kappa shape index (κ3) is 13.2. The van der Waals surface area contributed by atoms with E-state index in [1.807, 2.05) is 19.9 Å². The lowest BCUT2D eigenvalue weighted by Crippen LogP contribution is -2.33. The predicted molar refractivity (Wildman–Crippen MR) is 142 cm³/mol. The molecule has 4 heteroatoms. The number of hydrogen-bond acceptors (Lipinski definition) is 2. The van der Waals surface area contributed by atoms with Crippen molar-refractivity contribution >= 4 is 13.2 Å². The molecule has 0 aliphatic carbocycles. The van der Waals surface area contributed by atoms with Gasteiger partial charge in [0.25, 0.3) is 5.91 Å². The van der Waals surface area contributed by atoms with E-state index < -0.39 is 7.26 Å². The SMILES string of the molecule is CC/C=C(\OC)C(=O)N[C@@H](C)/C=C(C)/C=C(\C)C[P+](CCCC)(CCCC)CCCC. The lowest BCUT2D eigenvalue weighted by atomic mass is 10.1. The van der Waals surface area contributed by atoms with E-state index in [2.05, 4.69) is 52.1 Å². The molecule has 1 atom stereocenters. The summed E-state index contributed by atoms with van der Waals surface area (Å²) in [6.07, 6.45) is 20.8. The largest absolute Gasteiger partial charge is 0.491 e. The van der Waals surface area contributed by atoms with Gasteiger partial charge in [0.05, 0.1) is 31.8 Å². The standard InChI is InChI=1S/C27H50NO2P/c1-9-13-17-31(18-14-10-2,19-15-11-3)22-24(6)20-23(5)21-25(7)28-27(29)26(30-8)16-12-4/h16,20-21,25H,9-15,17-19,22H2,1-8H3/p+1/b23-21+,24-20+,26-16-/t25-/m0/s1. The lowest BCUT2D eigenvalue weighted by molar-refractivity contribution is -0.120. The molecule has 0 saturated heterocycles. The van der Waals surface area contributed by atoms with E-state index in [4.69, 9.17) is 4.74 Å². The zero-order valence-electron chi connectivity index (χ0n) is 21.9. The highest BCUT2D eigenvalue weighted by molar-refractivity contribution is 7.76. The van der Waals surface area contributed by atoms with Crippen molar-refractivity contribution in [3.63, 3.8) is 0 Å². The van der Waals surface area contributed by atoms with Gasteiger partial charge in [-0.25, -0.2) is 0 Å². The maximum atomic E-state index is 12.3. The van der Waals surface area contributed by atoms with Crippen LogP contribution in [-0.2, 0) is 9.53 Å². The summed E-state index contributed by atoms with van der Waals surface area (Å²) in [5.74, 6) is 0.245. The molecule has 0 aliphatic rings. The Morgan fingerprint density at radius 1 is 0.968 bits per heavy atom. The first-order chi connectivity index (χ1) is 14.8. The van der Waals surface area contributed by atoms with Crippen LogP contribution >= 0.6 is 7.26 Å². The van der Waals surface area contributed by atoms with Crippen molar-refractivity contribution in [2.45, 2.75) is 99.5 Å². The van der Waals surface area contributed by atoms with Crippen LogP contribution in [0.3, 0.4) is 0 Å².